The summed E-state index contributed by atoms with van der Waals surface area (Å²) >= 11 is 6.26. The topological polar surface area (TPSA) is 49.2 Å². The number of hydrogen-bond donors (Lipinski definition) is 0. The van der Waals surface area contributed by atoms with E-state index in [4.69, 9.17) is 21.6 Å². The van der Waals surface area contributed by atoms with E-state index in [0.717, 1.165) is 0 Å². The second kappa shape index (κ2) is 4.66. The standard InChI is InChI=1S/C14H18ClN3O/c1-13(2)8-18(9-14(3,4)19-13)12-11(15)10(7-16)5-6-17-12/h5-6H,8-9H2,1-4H3. The van der Waals surface area contributed by atoms with E-state index in [1.165, 1.54) is 0 Å². The molecule has 1 fully saturated rings. The molecule has 0 aromatic carbocycles. The third-order valence-corrected chi connectivity index (χ3v) is 3.36. The van der Waals surface area contributed by atoms with Gasteiger partial charge in [-0.15, -0.1) is 0 Å². The number of ether oxygens (including phenoxy) is 1. The Morgan fingerprint density at radius 1 is 1.32 bits per heavy atom. The summed E-state index contributed by atoms with van der Waals surface area (Å²) in [6.07, 6.45) is 1.62. The quantitative estimate of drug-likeness (QED) is 0.793. The van der Waals surface area contributed by atoms with Gasteiger partial charge < -0.3 is 9.64 Å². The van der Waals surface area contributed by atoms with E-state index in [-0.39, 0.29) is 11.2 Å². The van der Waals surface area contributed by atoms with Gasteiger partial charge in [0.1, 0.15) is 16.9 Å². The van der Waals surface area contributed by atoms with Crippen LogP contribution in [-0.2, 0) is 4.74 Å². The van der Waals surface area contributed by atoms with Crippen LogP contribution >= 0.6 is 11.6 Å². The molecule has 0 unspecified atom stereocenters. The number of rotatable bonds is 1. The third kappa shape index (κ3) is 2.99. The van der Waals surface area contributed by atoms with E-state index >= 15 is 0 Å². The van der Waals surface area contributed by atoms with E-state index in [0.29, 0.717) is 29.5 Å². The van der Waals surface area contributed by atoms with E-state index in [1.807, 2.05) is 27.7 Å². The average Bonchev–Trinajstić information content (AvgIpc) is 2.25. The van der Waals surface area contributed by atoms with Crippen molar-refractivity contribution in [1.82, 2.24) is 4.98 Å². The second-order valence-electron chi connectivity index (χ2n) is 6.09. The van der Waals surface area contributed by atoms with Gasteiger partial charge in [-0.25, -0.2) is 4.98 Å². The summed E-state index contributed by atoms with van der Waals surface area (Å²) in [5.41, 5.74) is -0.112. The minimum Gasteiger partial charge on any atom is -0.366 e. The summed E-state index contributed by atoms with van der Waals surface area (Å²) in [6.45, 7) is 9.56. The zero-order valence-corrected chi connectivity index (χ0v) is 12.5. The lowest BCUT2D eigenvalue weighted by Crippen LogP contribution is -2.57. The minimum atomic E-state index is -0.282. The van der Waals surface area contributed by atoms with Crippen LogP contribution in [0.3, 0.4) is 0 Å². The van der Waals surface area contributed by atoms with Crippen molar-refractivity contribution in [1.29, 1.82) is 5.26 Å². The largest absolute Gasteiger partial charge is 0.366 e. The molecule has 0 amide bonds. The minimum absolute atomic E-state index is 0.282. The number of pyridine rings is 1. The fourth-order valence-corrected chi connectivity index (χ4v) is 2.95. The highest BCUT2D eigenvalue weighted by Crippen LogP contribution is 2.34. The Bertz CT molecular complexity index is 518. The molecule has 0 spiro atoms. The van der Waals surface area contributed by atoms with Crippen LogP contribution in [0.4, 0.5) is 5.82 Å². The molecule has 2 heterocycles. The van der Waals surface area contributed by atoms with Crippen molar-refractivity contribution in [2.24, 2.45) is 0 Å². The third-order valence-electron chi connectivity index (χ3n) is 2.99. The molecule has 5 heteroatoms. The van der Waals surface area contributed by atoms with Gasteiger partial charge in [0.05, 0.1) is 16.8 Å². The summed E-state index contributed by atoms with van der Waals surface area (Å²) in [5, 5.41) is 9.46. The van der Waals surface area contributed by atoms with Gasteiger partial charge >= 0.3 is 0 Å². The first-order chi connectivity index (χ1) is 8.74. The first-order valence-electron chi connectivity index (χ1n) is 6.24. The lowest BCUT2D eigenvalue weighted by atomic mass is 9.99. The Morgan fingerprint density at radius 3 is 2.42 bits per heavy atom. The Labute approximate surface area is 118 Å². The molecule has 1 saturated heterocycles. The molecule has 102 valence electrons. The maximum absolute atomic E-state index is 9.04. The number of hydrogen-bond acceptors (Lipinski definition) is 4. The Balaban J connectivity index is 2.40. The molecule has 2 rings (SSSR count). The van der Waals surface area contributed by atoms with Gasteiger partial charge in [0.15, 0.2) is 0 Å². The van der Waals surface area contributed by atoms with Gasteiger partial charge in [0, 0.05) is 19.3 Å². The summed E-state index contributed by atoms with van der Waals surface area (Å²) in [7, 11) is 0. The van der Waals surface area contributed by atoms with Gasteiger partial charge in [-0.3, -0.25) is 0 Å². The maximum Gasteiger partial charge on any atom is 0.148 e. The van der Waals surface area contributed by atoms with Crippen LogP contribution in [0.2, 0.25) is 5.02 Å². The highest BCUT2D eigenvalue weighted by atomic mass is 35.5. The predicted molar refractivity (Wildman–Crippen MR) is 75.4 cm³/mol. The van der Waals surface area contributed by atoms with E-state index in [2.05, 4.69) is 16.0 Å². The number of morpholine rings is 1. The van der Waals surface area contributed by atoms with Crippen LogP contribution in [0.15, 0.2) is 12.3 Å². The molecule has 1 aliphatic heterocycles. The molecule has 0 bridgehead atoms. The van der Waals surface area contributed by atoms with E-state index < -0.39 is 0 Å². The Hall–Kier alpha value is -1.31. The summed E-state index contributed by atoms with van der Waals surface area (Å²) in [6, 6.07) is 3.71. The molecule has 4 nitrogen and oxygen atoms in total. The molecule has 1 aliphatic rings. The number of anilines is 1. The van der Waals surface area contributed by atoms with Crippen LogP contribution < -0.4 is 4.90 Å². The lowest BCUT2D eigenvalue weighted by Gasteiger charge is -2.47. The van der Waals surface area contributed by atoms with Crippen molar-refractivity contribution in [3.05, 3.63) is 22.8 Å². The zero-order valence-electron chi connectivity index (χ0n) is 11.7. The predicted octanol–water partition coefficient (Wildman–Crippen LogP) is 3.00. The first kappa shape index (κ1) is 14.1. The van der Waals surface area contributed by atoms with Gasteiger partial charge in [0.25, 0.3) is 0 Å². The number of aromatic nitrogens is 1. The van der Waals surface area contributed by atoms with Crippen LogP contribution in [0.1, 0.15) is 33.3 Å². The molecule has 1 aromatic rings. The van der Waals surface area contributed by atoms with Crippen LogP contribution in [-0.4, -0.2) is 29.3 Å². The molecule has 19 heavy (non-hydrogen) atoms. The van der Waals surface area contributed by atoms with Gasteiger partial charge in [-0.1, -0.05) is 11.6 Å². The molecule has 0 atom stereocenters. The van der Waals surface area contributed by atoms with E-state index in [9.17, 15) is 0 Å². The summed E-state index contributed by atoms with van der Waals surface area (Å²) in [4.78, 5) is 6.42. The van der Waals surface area contributed by atoms with Crippen molar-refractivity contribution in [2.45, 2.75) is 38.9 Å². The molecule has 0 N–H and O–H groups in total. The highest BCUT2D eigenvalue weighted by Gasteiger charge is 2.39. The van der Waals surface area contributed by atoms with Crippen LogP contribution in [0.25, 0.3) is 0 Å². The van der Waals surface area contributed by atoms with Crippen molar-refractivity contribution >= 4 is 17.4 Å². The second-order valence-corrected chi connectivity index (χ2v) is 6.46. The molecule has 0 aliphatic carbocycles. The van der Waals surface area contributed by atoms with E-state index in [1.54, 1.807) is 12.3 Å². The normalized spacial score (nSPS) is 20.9. The summed E-state index contributed by atoms with van der Waals surface area (Å²) in [5.74, 6) is 0.658. The monoisotopic (exact) mass is 279 g/mol. The smallest absolute Gasteiger partial charge is 0.148 e. The molecule has 0 radical (unpaired) electrons. The number of nitrogens with zero attached hydrogens (tertiary/aromatic N) is 3. The van der Waals surface area contributed by atoms with Crippen LogP contribution in [0.5, 0.6) is 0 Å². The van der Waals surface area contributed by atoms with Crippen molar-refractivity contribution in [3.63, 3.8) is 0 Å². The molecule has 0 saturated carbocycles. The SMILES string of the molecule is CC1(C)CN(c2nccc(C#N)c2Cl)CC(C)(C)O1. The molecular weight excluding hydrogens is 262 g/mol. The van der Waals surface area contributed by atoms with Crippen molar-refractivity contribution < 1.29 is 4.74 Å². The fourth-order valence-electron chi connectivity index (χ4n) is 2.68. The number of nitriles is 1. The van der Waals surface area contributed by atoms with Gasteiger partial charge in [-0.2, -0.15) is 5.26 Å². The highest BCUT2D eigenvalue weighted by molar-refractivity contribution is 6.34. The average molecular weight is 280 g/mol. The van der Waals surface area contributed by atoms with Crippen molar-refractivity contribution in [3.8, 4) is 6.07 Å². The molecular formula is C14H18ClN3O. The Kier molecular flexibility index (Phi) is 3.46. The first-order valence-corrected chi connectivity index (χ1v) is 6.62. The van der Waals surface area contributed by atoms with Gasteiger partial charge in [-0.05, 0) is 33.8 Å². The fraction of sp³-hybridized carbons (Fsp3) is 0.571. The Morgan fingerprint density at radius 2 is 1.89 bits per heavy atom. The van der Waals surface area contributed by atoms with Crippen LogP contribution in [0, 0.1) is 11.3 Å². The lowest BCUT2D eigenvalue weighted by molar-refractivity contribution is -0.133. The van der Waals surface area contributed by atoms with Gasteiger partial charge in [0.2, 0.25) is 0 Å². The van der Waals surface area contributed by atoms with Crippen molar-refractivity contribution in [2.75, 3.05) is 18.0 Å². The zero-order chi connectivity index (χ0) is 14.3. The maximum atomic E-state index is 9.04. The number of halogens is 1. The summed E-state index contributed by atoms with van der Waals surface area (Å²) < 4.78 is 6.03. The molecule has 1 aromatic heterocycles.